The van der Waals surface area contributed by atoms with Crippen molar-refractivity contribution in [1.29, 1.82) is 0 Å². The topological polar surface area (TPSA) is 96.3 Å². The van der Waals surface area contributed by atoms with Crippen LogP contribution in [0.5, 0.6) is 0 Å². The fourth-order valence-electron chi connectivity index (χ4n) is 2.95. The van der Waals surface area contributed by atoms with Crippen LogP contribution in [-0.4, -0.2) is 39.8 Å². The molecule has 2 aromatic heterocycles. The van der Waals surface area contributed by atoms with Crippen molar-refractivity contribution in [2.75, 3.05) is 13.7 Å². The molecule has 0 bridgehead atoms. The standard InChI is InChI=1S/C16H23N5O3/c1-11-6-8-24-13(11)9-17-16(22)21-7-4-3-5-12(21)15-18-14(10-23-2)19-20-15/h6,8,12H,3-5,7,9-10H2,1-2H3,(H,17,22)(H,18,19,20). The number of hydrogen-bond donors (Lipinski definition) is 2. The highest BCUT2D eigenvalue weighted by Gasteiger charge is 2.30. The number of urea groups is 1. The molecule has 0 saturated carbocycles. The minimum Gasteiger partial charge on any atom is -0.467 e. The summed E-state index contributed by atoms with van der Waals surface area (Å²) in [4.78, 5) is 18.9. The Morgan fingerprint density at radius 3 is 3.17 bits per heavy atom. The van der Waals surface area contributed by atoms with Crippen LogP contribution in [0.4, 0.5) is 4.79 Å². The van der Waals surface area contributed by atoms with Gasteiger partial charge in [-0.1, -0.05) is 0 Å². The van der Waals surface area contributed by atoms with Gasteiger partial charge in [-0.05, 0) is 37.8 Å². The Morgan fingerprint density at radius 2 is 2.42 bits per heavy atom. The lowest BCUT2D eigenvalue weighted by atomic mass is 10.0. The maximum atomic E-state index is 12.6. The van der Waals surface area contributed by atoms with Crippen molar-refractivity contribution in [3.8, 4) is 0 Å². The molecule has 2 amide bonds. The van der Waals surface area contributed by atoms with Gasteiger partial charge in [0.2, 0.25) is 0 Å². The Kier molecular flexibility index (Phi) is 5.14. The average molecular weight is 333 g/mol. The van der Waals surface area contributed by atoms with Crippen LogP contribution >= 0.6 is 0 Å². The lowest BCUT2D eigenvalue weighted by molar-refractivity contribution is 0.146. The Balaban J connectivity index is 1.66. The van der Waals surface area contributed by atoms with E-state index in [-0.39, 0.29) is 12.1 Å². The molecule has 8 heteroatoms. The zero-order chi connectivity index (χ0) is 16.9. The second-order valence-electron chi connectivity index (χ2n) is 5.96. The number of aryl methyl sites for hydroxylation is 1. The second-order valence-corrected chi connectivity index (χ2v) is 5.96. The van der Waals surface area contributed by atoms with E-state index in [1.165, 1.54) is 0 Å². The van der Waals surface area contributed by atoms with Gasteiger partial charge < -0.3 is 19.4 Å². The molecular formula is C16H23N5O3. The first-order chi connectivity index (χ1) is 11.7. The van der Waals surface area contributed by atoms with Crippen molar-refractivity contribution in [2.24, 2.45) is 0 Å². The van der Waals surface area contributed by atoms with Crippen LogP contribution in [0, 0.1) is 6.92 Å². The van der Waals surface area contributed by atoms with Gasteiger partial charge >= 0.3 is 6.03 Å². The summed E-state index contributed by atoms with van der Waals surface area (Å²) < 4.78 is 10.4. The van der Waals surface area contributed by atoms with Crippen molar-refractivity contribution >= 4 is 6.03 Å². The van der Waals surface area contributed by atoms with Gasteiger partial charge in [-0.15, -0.1) is 0 Å². The number of furan rings is 1. The third-order valence-electron chi connectivity index (χ3n) is 4.26. The van der Waals surface area contributed by atoms with Gasteiger partial charge in [0.25, 0.3) is 0 Å². The first kappa shape index (κ1) is 16.5. The summed E-state index contributed by atoms with van der Waals surface area (Å²) in [6.07, 6.45) is 4.53. The maximum absolute atomic E-state index is 12.6. The minimum absolute atomic E-state index is 0.113. The number of ether oxygens (including phenoxy) is 1. The van der Waals surface area contributed by atoms with E-state index in [9.17, 15) is 4.79 Å². The summed E-state index contributed by atoms with van der Waals surface area (Å²) in [7, 11) is 1.61. The van der Waals surface area contributed by atoms with E-state index in [0.717, 1.165) is 30.6 Å². The van der Waals surface area contributed by atoms with Crippen LogP contribution in [0.25, 0.3) is 0 Å². The molecule has 1 saturated heterocycles. The molecule has 1 aliphatic rings. The van der Waals surface area contributed by atoms with E-state index in [1.807, 2.05) is 17.9 Å². The smallest absolute Gasteiger partial charge is 0.318 e. The molecule has 0 radical (unpaired) electrons. The third-order valence-corrected chi connectivity index (χ3v) is 4.26. The fourth-order valence-corrected chi connectivity index (χ4v) is 2.95. The monoisotopic (exact) mass is 333 g/mol. The molecule has 3 rings (SSSR count). The van der Waals surface area contributed by atoms with E-state index in [0.29, 0.717) is 31.3 Å². The molecule has 2 aromatic rings. The van der Waals surface area contributed by atoms with Crippen LogP contribution in [0.1, 0.15) is 48.3 Å². The Hall–Kier alpha value is -2.35. The zero-order valence-corrected chi connectivity index (χ0v) is 14.0. The normalized spacial score (nSPS) is 17.9. The number of H-pyrrole nitrogens is 1. The van der Waals surface area contributed by atoms with Gasteiger partial charge in [0, 0.05) is 13.7 Å². The zero-order valence-electron chi connectivity index (χ0n) is 14.0. The fraction of sp³-hybridized carbons (Fsp3) is 0.562. The molecule has 0 aliphatic carbocycles. The second kappa shape index (κ2) is 7.48. The number of methoxy groups -OCH3 is 1. The van der Waals surface area contributed by atoms with Crippen LogP contribution < -0.4 is 5.32 Å². The molecule has 130 valence electrons. The highest BCUT2D eigenvalue weighted by Crippen LogP contribution is 2.28. The third kappa shape index (κ3) is 3.59. The molecule has 1 aliphatic heterocycles. The summed E-state index contributed by atoms with van der Waals surface area (Å²) in [6.45, 7) is 3.41. The Labute approximate surface area is 140 Å². The summed E-state index contributed by atoms with van der Waals surface area (Å²) in [5.74, 6) is 2.09. The SMILES string of the molecule is COCc1nc(C2CCCCN2C(=O)NCc2occc2C)n[nH]1. The average Bonchev–Trinajstić information content (AvgIpc) is 3.22. The maximum Gasteiger partial charge on any atom is 0.318 e. The summed E-state index contributed by atoms with van der Waals surface area (Å²) >= 11 is 0. The number of aromatic nitrogens is 3. The van der Waals surface area contributed by atoms with E-state index in [1.54, 1.807) is 13.4 Å². The predicted octanol–water partition coefficient (Wildman–Crippen LogP) is 2.29. The van der Waals surface area contributed by atoms with Crippen molar-refractivity contribution in [2.45, 2.75) is 45.4 Å². The molecular weight excluding hydrogens is 310 g/mol. The van der Waals surface area contributed by atoms with Crippen LogP contribution in [-0.2, 0) is 17.9 Å². The van der Waals surface area contributed by atoms with Crippen molar-refractivity contribution < 1.29 is 13.9 Å². The molecule has 1 unspecified atom stereocenters. The van der Waals surface area contributed by atoms with E-state index in [4.69, 9.17) is 9.15 Å². The van der Waals surface area contributed by atoms with Gasteiger partial charge in [0.1, 0.15) is 12.4 Å². The minimum atomic E-state index is -0.117. The van der Waals surface area contributed by atoms with Crippen molar-refractivity contribution in [3.05, 3.63) is 35.3 Å². The highest BCUT2D eigenvalue weighted by atomic mass is 16.5. The number of piperidine rings is 1. The highest BCUT2D eigenvalue weighted by molar-refractivity contribution is 5.74. The van der Waals surface area contributed by atoms with Gasteiger partial charge in [0.15, 0.2) is 11.6 Å². The molecule has 1 atom stereocenters. The summed E-state index contributed by atoms with van der Waals surface area (Å²) in [5, 5.41) is 10.1. The number of aromatic amines is 1. The Bertz CT molecular complexity index is 681. The van der Waals surface area contributed by atoms with Gasteiger partial charge in [-0.25, -0.2) is 9.78 Å². The number of carbonyl (C=O) groups excluding carboxylic acids is 1. The van der Waals surface area contributed by atoms with Crippen LogP contribution in [0.2, 0.25) is 0 Å². The van der Waals surface area contributed by atoms with E-state index in [2.05, 4.69) is 20.5 Å². The number of hydrogen-bond acceptors (Lipinski definition) is 5. The largest absolute Gasteiger partial charge is 0.467 e. The molecule has 3 heterocycles. The predicted molar refractivity (Wildman–Crippen MR) is 86.1 cm³/mol. The quantitative estimate of drug-likeness (QED) is 0.875. The molecule has 8 nitrogen and oxygen atoms in total. The first-order valence-electron chi connectivity index (χ1n) is 8.16. The number of likely N-dealkylation sites (tertiary alicyclic amines) is 1. The first-order valence-corrected chi connectivity index (χ1v) is 8.16. The number of carbonyl (C=O) groups is 1. The lowest BCUT2D eigenvalue weighted by Crippen LogP contribution is -2.44. The van der Waals surface area contributed by atoms with Gasteiger partial charge in [-0.2, -0.15) is 5.10 Å². The summed E-state index contributed by atoms with van der Waals surface area (Å²) in [6, 6.07) is 1.66. The Morgan fingerprint density at radius 1 is 1.54 bits per heavy atom. The van der Waals surface area contributed by atoms with Crippen molar-refractivity contribution in [1.82, 2.24) is 25.4 Å². The molecule has 2 N–H and O–H groups in total. The molecule has 1 fully saturated rings. The van der Waals surface area contributed by atoms with Crippen LogP contribution in [0.15, 0.2) is 16.7 Å². The number of nitrogens with zero attached hydrogens (tertiary/aromatic N) is 3. The van der Waals surface area contributed by atoms with Gasteiger partial charge in [-0.3, -0.25) is 5.10 Å². The molecule has 24 heavy (non-hydrogen) atoms. The summed E-state index contributed by atoms with van der Waals surface area (Å²) in [5.41, 5.74) is 1.03. The molecule has 0 aromatic carbocycles. The van der Waals surface area contributed by atoms with Crippen molar-refractivity contribution in [3.63, 3.8) is 0 Å². The number of rotatable bonds is 5. The van der Waals surface area contributed by atoms with E-state index >= 15 is 0 Å². The van der Waals surface area contributed by atoms with Crippen LogP contribution in [0.3, 0.4) is 0 Å². The number of amides is 2. The van der Waals surface area contributed by atoms with Gasteiger partial charge in [0.05, 0.1) is 18.8 Å². The number of nitrogens with one attached hydrogen (secondary N) is 2. The molecule has 0 spiro atoms. The van der Waals surface area contributed by atoms with E-state index < -0.39 is 0 Å². The lowest BCUT2D eigenvalue weighted by Gasteiger charge is -2.33.